The molecule has 0 spiro atoms. The zero-order valence-corrected chi connectivity index (χ0v) is 5.80. The topological polar surface area (TPSA) is 37.3 Å². The molecular formula is C7H5ClO2. The summed E-state index contributed by atoms with van der Waals surface area (Å²) in [6.07, 6.45) is 0. The van der Waals surface area contributed by atoms with Gasteiger partial charge >= 0.3 is 5.97 Å². The van der Waals surface area contributed by atoms with Crippen LogP contribution in [0, 0.1) is 0 Å². The van der Waals surface area contributed by atoms with Gasteiger partial charge in [0.15, 0.2) is 0 Å². The number of benzene rings is 1. The summed E-state index contributed by atoms with van der Waals surface area (Å²) in [6, 6.07) is 6.02. The second-order valence-corrected chi connectivity index (χ2v) is 2.25. The maximum Gasteiger partial charge on any atom is 0.335 e. The van der Waals surface area contributed by atoms with Gasteiger partial charge in [-0.05, 0) is 24.3 Å². The van der Waals surface area contributed by atoms with Crippen LogP contribution in [0.15, 0.2) is 24.3 Å². The lowest BCUT2D eigenvalue weighted by Gasteiger charge is -1.91. The van der Waals surface area contributed by atoms with Gasteiger partial charge in [-0.2, -0.15) is 0 Å². The minimum Gasteiger partial charge on any atom is -0.478 e. The summed E-state index contributed by atoms with van der Waals surface area (Å²) in [7, 11) is 0. The van der Waals surface area contributed by atoms with E-state index in [4.69, 9.17) is 16.7 Å². The number of hydrogen-bond donors (Lipinski definition) is 1. The molecule has 0 bridgehead atoms. The monoisotopic (exact) mass is 155 g/mol. The Morgan fingerprint density at radius 1 is 1.30 bits per heavy atom. The summed E-state index contributed by atoms with van der Waals surface area (Å²) in [4.78, 5) is 10.3. The van der Waals surface area contributed by atoms with Crippen LogP contribution in [0.1, 0.15) is 10.4 Å². The molecule has 3 heteroatoms. The first-order valence-corrected chi connectivity index (χ1v) is 3.07. The molecule has 52 valence electrons. The smallest absolute Gasteiger partial charge is 0.335 e. The minimum atomic E-state index is -0.934. The maximum atomic E-state index is 10.3. The van der Waals surface area contributed by atoms with Crippen molar-refractivity contribution in [2.24, 2.45) is 0 Å². The van der Waals surface area contributed by atoms with Gasteiger partial charge in [0.2, 0.25) is 0 Å². The standard InChI is InChI=1S/C7H5ClO2/c8-6-3-1-5(2-4-6)7(9)10/h1-4H,(H,9,10)/i7-1. The van der Waals surface area contributed by atoms with E-state index >= 15 is 0 Å². The van der Waals surface area contributed by atoms with Gasteiger partial charge in [-0.1, -0.05) is 11.6 Å². The first-order chi connectivity index (χ1) is 4.70. The molecule has 1 rings (SSSR count). The van der Waals surface area contributed by atoms with Crippen molar-refractivity contribution in [1.29, 1.82) is 0 Å². The lowest BCUT2D eigenvalue weighted by molar-refractivity contribution is 0.0697. The van der Waals surface area contributed by atoms with Gasteiger partial charge in [-0.15, -0.1) is 0 Å². The Bertz CT molecular complexity index is 240. The van der Waals surface area contributed by atoms with E-state index in [0.29, 0.717) is 5.02 Å². The number of carbonyl (C=O) groups is 1. The minimum absolute atomic E-state index is 0.254. The van der Waals surface area contributed by atoms with Crippen molar-refractivity contribution < 1.29 is 9.90 Å². The lowest BCUT2D eigenvalue weighted by Crippen LogP contribution is -1.94. The normalized spacial score (nSPS) is 9.30. The van der Waals surface area contributed by atoms with E-state index < -0.39 is 5.97 Å². The third-order valence-corrected chi connectivity index (χ3v) is 1.34. The lowest BCUT2D eigenvalue weighted by atomic mass is 9.95. The Hall–Kier alpha value is -1.02. The number of hydrogen-bond acceptors (Lipinski definition) is 1. The SMILES string of the molecule is O=[11C](O)c1ccc(Cl)cc1. The van der Waals surface area contributed by atoms with E-state index in [1.165, 1.54) is 12.1 Å². The van der Waals surface area contributed by atoms with Gasteiger partial charge in [0.25, 0.3) is 0 Å². The molecule has 1 N–H and O–H groups in total. The fourth-order valence-electron chi connectivity index (χ4n) is 0.592. The van der Waals surface area contributed by atoms with Crippen LogP contribution in [0.2, 0.25) is 5.02 Å². The first kappa shape index (κ1) is 7.09. The van der Waals surface area contributed by atoms with Crippen LogP contribution in [0.4, 0.5) is 0 Å². The van der Waals surface area contributed by atoms with Gasteiger partial charge in [-0.3, -0.25) is 0 Å². The van der Waals surface area contributed by atoms with Crippen LogP contribution in [-0.4, -0.2) is 11.1 Å². The van der Waals surface area contributed by atoms with Crippen molar-refractivity contribution in [2.45, 2.75) is 0 Å². The van der Waals surface area contributed by atoms with Gasteiger partial charge in [0.1, 0.15) is 0 Å². The summed E-state index contributed by atoms with van der Waals surface area (Å²) >= 11 is 5.52. The molecule has 0 fully saturated rings. The van der Waals surface area contributed by atoms with E-state index in [1.807, 2.05) is 0 Å². The van der Waals surface area contributed by atoms with Crippen molar-refractivity contribution in [2.75, 3.05) is 0 Å². The van der Waals surface area contributed by atoms with Crippen molar-refractivity contribution in [3.8, 4) is 0 Å². The molecule has 0 amide bonds. The highest BCUT2D eigenvalue weighted by Crippen LogP contribution is 2.08. The van der Waals surface area contributed by atoms with Crippen molar-refractivity contribution in [3.63, 3.8) is 0 Å². The molecule has 2 nitrogen and oxygen atoms in total. The second kappa shape index (κ2) is 2.71. The van der Waals surface area contributed by atoms with Crippen LogP contribution in [-0.2, 0) is 0 Å². The highest BCUT2D eigenvalue weighted by Gasteiger charge is 1.99. The molecule has 1 aromatic carbocycles. The van der Waals surface area contributed by atoms with E-state index in [1.54, 1.807) is 12.1 Å². The molecule has 10 heavy (non-hydrogen) atoms. The summed E-state index contributed by atoms with van der Waals surface area (Å²) in [5, 5.41) is 8.98. The molecule has 0 saturated heterocycles. The van der Waals surface area contributed by atoms with E-state index in [0.717, 1.165) is 0 Å². The number of carboxylic acid groups (broad SMARTS) is 1. The number of rotatable bonds is 1. The molecule has 0 heterocycles. The zero-order valence-electron chi connectivity index (χ0n) is 5.04. The van der Waals surface area contributed by atoms with Crippen molar-refractivity contribution in [1.82, 2.24) is 0 Å². The predicted molar refractivity (Wildman–Crippen MR) is 38.4 cm³/mol. The van der Waals surface area contributed by atoms with E-state index in [-0.39, 0.29) is 5.56 Å². The summed E-state index contributed by atoms with van der Waals surface area (Å²) in [5.41, 5.74) is 0.254. The highest BCUT2D eigenvalue weighted by atomic mass is 35.5. The Balaban J connectivity index is 3.00. The third-order valence-electron chi connectivity index (χ3n) is 1.09. The molecule has 0 aliphatic rings. The quantitative estimate of drug-likeness (QED) is 0.674. The molecule has 1 aromatic rings. The number of carboxylic acids is 1. The van der Waals surface area contributed by atoms with Gasteiger partial charge < -0.3 is 5.11 Å². The first-order valence-electron chi connectivity index (χ1n) is 2.69. The molecule has 0 atom stereocenters. The zero-order chi connectivity index (χ0) is 7.56. The fourth-order valence-corrected chi connectivity index (χ4v) is 0.718. The molecular weight excluding hydrogens is 151 g/mol. The Morgan fingerprint density at radius 3 is 2.20 bits per heavy atom. The van der Waals surface area contributed by atoms with Gasteiger partial charge in [0, 0.05) is 5.02 Å². The number of halogens is 1. The predicted octanol–water partition coefficient (Wildman–Crippen LogP) is 2.04. The number of aromatic carboxylic acids is 1. The molecule has 0 aliphatic carbocycles. The van der Waals surface area contributed by atoms with Crippen LogP contribution < -0.4 is 0 Å². The average molecular weight is 156 g/mol. The van der Waals surface area contributed by atoms with Crippen LogP contribution in [0.25, 0.3) is 0 Å². The Morgan fingerprint density at radius 2 is 1.80 bits per heavy atom. The Kier molecular flexibility index (Phi) is 1.92. The van der Waals surface area contributed by atoms with E-state index in [9.17, 15) is 4.79 Å². The summed E-state index contributed by atoms with van der Waals surface area (Å²) in [6.45, 7) is 0. The molecule has 0 aliphatic heterocycles. The molecule has 0 radical (unpaired) electrons. The molecule has 0 aromatic heterocycles. The summed E-state index contributed by atoms with van der Waals surface area (Å²) < 4.78 is 0. The molecule has 0 unspecified atom stereocenters. The molecule has 0 saturated carbocycles. The van der Waals surface area contributed by atoms with Crippen molar-refractivity contribution in [3.05, 3.63) is 34.9 Å². The average Bonchev–Trinajstić information content (AvgIpc) is 1.88. The maximum absolute atomic E-state index is 10.3. The van der Waals surface area contributed by atoms with Crippen LogP contribution >= 0.6 is 11.6 Å². The highest BCUT2D eigenvalue weighted by molar-refractivity contribution is 6.30. The van der Waals surface area contributed by atoms with Crippen molar-refractivity contribution >= 4 is 17.6 Å². The fraction of sp³-hybridized carbons (Fsp3) is 0. The largest absolute Gasteiger partial charge is 0.478 e. The third kappa shape index (κ3) is 1.48. The van der Waals surface area contributed by atoms with E-state index in [2.05, 4.69) is 0 Å². The van der Waals surface area contributed by atoms with Gasteiger partial charge in [-0.25, -0.2) is 4.79 Å². The second-order valence-electron chi connectivity index (χ2n) is 1.81. The van der Waals surface area contributed by atoms with Crippen LogP contribution in [0.3, 0.4) is 0 Å². The van der Waals surface area contributed by atoms with Gasteiger partial charge in [0.05, 0.1) is 5.56 Å². The Labute approximate surface area is 63.1 Å². The van der Waals surface area contributed by atoms with Crippen LogP contribution in [0.5, 0.6) is 0 Å². The summed E-state index contributed by atoms with van der Waals surface area (Å²) in [5.74, 6) is -0.934.